The highest BCUT2D eigenvalue weighted by Gasteiger charge is 2.35. The van der Waals surface area contributed by atoms with Crippen molar-refractivity contribution in [2.75, 3.05) is 5.06 Å². The van der Waals surface area contributed by atoms with Gasteiger partial charge in [0.1, 0.15) is 0 Å². The monoisotopic (exact) mass is 224 g/mol. The first-order valence-electron chi connectivity index (χ1n) is 5.78. The van der Waals surface area contributed by atoms with Gasteiger partial charge >= 0.3 is 0 Å². The Morgan fingerprint density at radius 3 is 1.71 bits per heavy atom. The van der Waals surface area contributed by atoms with Crippen molar-refractivity contribution in [3.63, 3.8) is 0 Å². The minimum absolute atomic E-state index is 0.117. The summed E-state index contributed by atoms with van der Waals surface area (Å²) in [4.78, 5) is 0. The third-order valence-electron chi connectivity index (χ3n) is 3.59. The average Bonchev–Trinajstić information content (AvgIpc) is 2.37. The highest BCUT2D eigenvalue weighted by atomic mass is 16.5. The van der Waals surface area contributed by atoms with Crippen LogP contribution in [0.15, 0.2) is 48.5 Å². The van der Waals surface area contributed by atoms with Gasteiger partial charge in [0.25, 0.3) is 0 Å². The summed E-state index contributed by atoms with van der Waals surface area (Å²) in [6, 6.07) is 15.7. The minimum Gasteiger partial charge on any atom is -0.188 e. The molecule has 1 aliphatic heterocycles. The van der Waals surface area contributed by atoms with E-state index in [0.29, 0.717) is 0 Å². The Balaban J connectivity index is 2.34. The highest BCUT2D eigenvalue weighted by molar-refractivity contribution is 5.75. The molecule has 2 aromatic rings. The Morgan fingerprint density at radius 2 is 1.24 bits per heavy atom. The molecule has 0 saturated heterocycles. The number of para-hydroxylation sites is 2. The van der Waals surface area contributed by atoms with Crippen molar-refractivity contribution in [2.45, 2.75) is 19.3 Å². The van der Waals surface area contributed by atoms with E-state index in [1.807, 2.05) is 48.5 Å². The van der Waals surface area contributed by atoms with Gasteiger partial charge in [-0.05, 0) is 23.3 Å². The smallest absolute Gasteiger partial charge is 0.0767 e. The first kappa shape index (κ1) is 10.4. The second-order valence-corrected chi connectivity index (χ2v) is 4.95. The van der Waals surface area contributed by atoms with Crippen LogP contribution in [0.1, 0.15) is 25.0 Å². The predicted molar refractivity (Wildman–Crippen MR) is 67.8 cm³/mol. The zero-order valence-electron chi connectivity index (χ0n) is 9.97. The molecule has 17 heavy (non-hydrogen) atoms. The third kappa shape index (κ3) is 1.31. The van der Waals surface area contributed by atoms with E-state index in [4.69, 9.17) is 0 Å². The Kier molecular flexibility index (Phi) is 2.04. The summed E-state index contributed by atoms with van der Waals surface area (Å²) in [7, 11) is 0. The fraction of sp³-hybridized carbons (Fsp3) is 0.200. The molecule has 0 amide bonds. The molecule has 0 aromatic heterocycles. The lowest BCUT2D eigenvalue weighted by Crippen LogP contribution is -2.30. The van der Waals surface area contributed by atoms with E-state index < -0.39 is 0 Å². The van der Waals surface area contributed by atoms with Crippen LogP contribution in [0, 0.1) is 0 Å². The molecule has 0 bridgehead atoms. The largest absolute Gasteiger partial charge is 0.188 e. The predicted octanol–water partition coefficient (Wildman–Crippen LogP) is 3.81. The summed E-state index contributed by atoms with van der Waals surface area (Å²) in [5, 5.41) is 13.4. The topological polar surface area (TPSA) is 23.1 Å². The Morgan fingerprint density at radius 1 is 0.824 bits per heavy atom. The molecule has 0 spiro atoms. The van der Waals surface area contributed by atoms with Crippen molar-refractivity contribution in [3.8, 4) is 0 Å². The molecule has 0 unspecified atom stereocenters. The maximum Gasteiger partial charge on any atom is 0.0767 e. The standard InChI is InChI=1S/C15H14NO/c1-15(2)11-7-3-5-9-13(11)16(17)14-10-6-4-8-12(14)15/h3-10H,1-2H3. The number of fused-ring (bicyclic) bond motifs is 2. The number of anilines is 2. The molecule has 1 aliphatic rings. The van der Waals surface area contributed by atoms with Gasteiger partial charge in [-0.15, -0.1) is 0 Å². The van der Waals surface area contributed by atoms with Crippen molar-refractivity contribution in [3.05, 3.63) is 59.7 Å². The van der Waals surface area contributed by atoms with E-state index in [0.717, 1.165) is 27.6 Å². The van der Waals surface area contributed by atoms with Gasteiger partial charge in [0.05, 0.1) is 11.4 Å². The van der Waals surface area contributed by atoms with Gasteiger partial charge in [0.2, 0.25) is 0 Å². The minimum atomic E-state index is -0.117. The number of nitrogens with zero attached hydrogens (tertiary/aromatic N) is 1. The third-order valence-corrected chi connectivity index (χ3v) is 3.59. The summed E-state index contributed by atoms with van der Waals surface area (Å²) < 4.78 is 0. The lowest BCUT2D eigenvalue weighted by Gasteiger charge is -2.37. The van der Waals surface area contributed by atoms with Gasteiger partial charge in [-0.2, -0.15) is 5.06 Å². The lowest BCUT2D eigenvalue weighted by molar-refractivity contribution is 0.191. The van der Waals surface area contributed by atoms with Crippen LogP contribution in [-0.2, 0) is 10.6 Å². The number of hydrogen-bond donors (Lipinski definition) is 0. The zero-order chi connectivity index (χ0) is 12.0. The van der Waals surface area contributed by atoms with E-state index in [1.54, 1.807) is 0 Å². The first-order chi connectivity index (χ1) is 8.12. The molecular weight excluding hydrogens is 210 g/mol. The van der Waals surface area contributed by atoms with Gasteiger partial charge in [-0.25, -0.2) is 0 Å². The second kappa shape index (κ2) is 3.34. The molecule has 1 radical (unpaired) electrons. The van der Waals surface area contributed by atoms with E-state index in [-0.39, 0.29) is 5.41 Å². The molecule has 0 atom stereocenters. The first-order valence-corrected chi connectivity index (χ1v) is 5.78. The van der Waals surface area contributed by atoms with E-state index in [9.17, 15) is 5.21 Å². The Hall–Kier alpha value is -1.80. The molecule has 2 heteroatoms. The van der Waals surface area contributed by atoms with Crippen LogP contribution in [0.4, 0.5) is 11.4 Å². The maximum atomic E-state index is 12.3. The number of hydrogen-bond acceptors (Lipinski definition) is 1. The zero-order valence-corrected chi connectivity index (χ0v) is 9.97. The SMILES string of the molecule is CC1(C)c2ccccc2N([O])c2ccccc21. The molecule has 0 fully saturated rings. The lowest BCUT2D eigenvalue weighted by atomic mass is 9.74. The average molecular weight is 224 g/mol. The fourth-order valence-corrected chi connectivity index (χ4v) is 2.63. The molecule has 1 heterocycles. The highest BCUT2D eigenvalue weighted by Crippen LogP contribution is 2.47. The summed E-state index contributed by atoms with van der Waals surface area (Å²) >= 11 is 0. The van der Waals surface area contributed by atoms with Crippen LogP contribution < -0.4 is 5.06 Å². The van der Waals surface area contributed by atoms with E-state index in [1.165, 1.54) is 0 Å². The summed E-state index contributed by atoms with van der Waals surface area (Å²) in [5.41, 5.74) is 3.59. The van der Waals surface area contributed by atoms with Crippen molar-refractivity contribution < 1.29 is 5.21 Å². The van der Waals surface area contributed by atoms with Crippen LogP contribution in [0.2, 0.25) is 0 Å². The van der Waals surface area contributed by atoms with Gasteiger partial charge in [0.15, 0.2) is 0 Å². The Labute approximate surface area is 101 Å². The second-order valence-electron chi connectivity index (χ2n) is 4.95. The molecule has 2 aromatic carbocycles. The molecular formula is C15H14NO. The van der Waals surface area contributed by atoms with Gasteiger partial charge in [-0.1, -0.05) is 55.5 Å². The summed E-state index contributed by atoms with van der Waals surface area (Å²) in [5.74, 6) is 0. The molecule has 0 aliphatic carbocycles. The number of benzene rings is 2. The fourth-order valence-electron chi connectivity index (χ4n) is 2.63. The van der Waals surface area contributed by atoms with Gasteiger partial charge in [-0.3, -0.25) is 0 Å². The molecule has 0 N–H and O–H groups in total. The van der Waals surface area contributed by atoms with Crippen molar-refractivity contribution in [2.24, 2.45) is 0 Å². The van der Waals surface area contributed by atoms with Crippen LogP contribution in [-0.4, -0.2) is 0 Å². The maximum absolute atomic E-state index is 12.3. The molecule has 3 rings (SSSR count). The van der Waals surface area contributed by atoms with Crippen molar-refractivity contribution in [1.82, 2.24) is 0 Å². The summed E-state index contributed by atoms with van der Waals surface area (Å²) in [6.45, 7) is 4.33. The van der Waals surface area contributed by atoms with Crippen LogP contribution in [0.5, 0.6) is 0 Å². The normalized spacial score (nSPS) is 16.3. The molecule has 0 saturated carbocycles. The quantitative estimate of drug-likeness (QED) is 0.667. The summed E-state index contributed by atoms with van der Waals surface area (Å²) in [6.07, 6.45) is 0. The molecule has 2 nitrogen and oxygen atoms in total. The number of rotatable bonds is 0. The van der Waals surface area contributed by atoms with Gasteiger partial charge in [0, 0.05) is 5.41 Å². The molecule has 85 valence electrons. The van der Waals surface area contributed by atoms with Crippen LogP contribution in [0.3, 0.4) is 0 Å². The van der Waals surface area contributed by atoms with Gasteiger partial charge < -0.3 is 0 Å². The van der Waals surface area contributed by atoms with E-state index in [2.05, 4.69) is 13.8 Å². The Bertz CT molecular complexity index is 525. The van der Waals surface area contributed by atoms with Crippen LogP contribution in [0.25, 0.3) is 0 Å². The van der Waals surface area contributed by atoms with Crippen molar-refractivity contribution in [1.29, 1.82) is 0 Å². The van der Waals surface area contributed by atoms with Crippen LogP contribution >= 0.6 is 0 Å². The van der Waals surface area contributed by atoms with E-state index >= 15 is 0 Å². The van der Waals surface area contributed by atoms with Crippen molar-refractivity contribution >= 4 is 11.4 Å².